The van der Waals surface area contributed by atoms with E-state index in [0.29, 0.717) is 35.8 Å². The highest BCUT2D eigenvalue weighted by atomic mass is 16.5. The number of amides is 1. The third-order valence-electron chi connectivity index (χ3n) is 5.38. The van der Waals surface area contributed by atoms with Crippen LogP contribution >= 0.6 is 0 Å². The summed E-state index contributed by atoms with van der Waals surface area (Å²) in [5, 5.41) is 30.3. The van der Waals surface area contributed by atoms with Crippen molar-refractivity contribution in [2.24, 2.45) is 5.73 Å². The fourth-order valence-corrected chi connectivity index (χ4v) is 3.89. The van der Waals surface area contributed by atoms with Crippen LogP contribution in [0.5, 0.6) is 5.88 Å². The maximum atomic E-state index is 11.8. The quantitative estimate of drug-likeness (QED) is 0.387. The van der Waals surface area contributed by atoms with Gasteiger partial charge in [0, 0.05) is 23.8 Å². The van der Waals surface area contributed by atoms with Crippen LogP contribution in [0.15, 0.2) is 42.5 Å². The van der Waals surface area contributed by atoms with Gasteiger partial charge in [-0.3, -0.25) is 4.79 Å². The van der Waals surface area contributed by atoms with Crippen LogP contribution < -0.4 is 26.2 Å². The Morgan fingerprint density at radius 1 is 1.28 bits per heavy atom. The van der Waals surface area contributed by atoms with Crippen molar-refractivity contribution in [3.8, 4) is 5.88 Å². The molecule has 10 nitrogen and oxygen atoms in total. The molecule has 2 heterocycles. The second-order valence-corrected chi connectivity index (χ2v) is 7.53. The van der Waals surface area contributed by atoms with Crippen LogP contribution in [0.2, 0.25) is 0 Å². The van der Waals surface area contributed by atoms with Gasteiger partial charge in [-0.1, -0.05) is 30.3 Å². The number of carbonyl (C=O) groups is 1. The van der Waals surface area contributed by atoms with Crippen LogP contribution in [-0.2, 0) is 13.0 Å². The van der Waals surface area contributed by atoms with Crippen molar-refractivity contribution in [1.29, 1.82) is 0 Å². The summed E-state index contributed by atoms with van der Waals surface area (Å²) in [5.74, 6) is 0.507. The van der Waals surface area contributed by atoms with E-state index in [1.807, 2.05) is 24.0 Å². The number of fused-ring (bicyclic) bond motifs is 1. The molecule has 3 aromatic rings. The van der Waals surface area contributed by atoms with Gasteiger partial charge >= 0.3 is 7.12 Å². The fourth-order valence-electron chi connectivity index (χ4n) is 3.89. The number of hydrogen-bond acceptors (Lipinski definition) is 9. The van der Waals surface area contributed by atoms with Crippen molar-refractivity contribution in [3.05, 3.63) is 59.2 Å². The van der Waals surface area contributed by atoms with Gasteiger partial charge in [0.25, 0.3) is 11.8 Å². The number of carbonyl (C=O) groups excluding carboxylic acids is 1. The Hall–Kier alpha value is -3.70. The van der Waals surface area contributed by atoms with E-state index in [4.69, 9.17) is 10.5 Å². The van der Waals surface area contributed by atoms with E-state index < -0.39 is 13.0 Å². The molecule has 2 aromatic carbocycles. The molecule has 1 amide bonds. The normalized spacial score (nSPS) is 14.8. The molecule has 1 atom stereocenters. The van der Waals surface area contributed by atoms with Crippen LogP contribution in [-0.4, -0.2) is 51.4 Å². The minimum Gasteiger partial charge on any atom is -0.477 e. The zero-order valence-electron chi connectivity index (χ0n) is 17.7. The van der Waals surface area contributed by atoms with Crippen LogP contribution in [0.4, 0.5) is 17.5 Å². The molecule has 1 aliphatic rings. The topological polar surface area (TPSA) is 147 Å². The average molecular weight is 434 g/mol. The number of hydrogen-bond donors (Lipinski definition) is 4. The zero-order chi connectivity index (χ0) is 22.8. The Kier molecular flexibility index (Phi) is 5.93. The van der Waals surface area contributed by atoms with E-state index in [1.54, 1.807) is 30.3 Å². The van der Waals surface area contributed by atoms with Gasteiger partial charge in [0.15, 0.2) is 5.82 Å². The predicted molar refractivity (Wildman–Crippen MR) is 120 cm³/mol. The first-order chi connectivity index (χ1) is 15.4. The highest BCUT2D eigenvalue weighted by molar-refractivity contribution is 6.58. The minimum absolute atomic E-state index is 0.00346. The lowest BCUT2D eigenvalue weighted by atomic mass is 9.80. The van der Waals surface area contributed by atoms with E-state index in [2.05, 4.69) is 20.5 Å². The molecule has 0 aliphatic carbocycles. The molecule has 0 radical (unpaired) electrons. The molecule has 0 bridgehead atoms. The summed E-state index contributed by atoms with van der Waals surface area (Å²) in [6.07, 6.45) is 0.628. The SMILES string of the molecule is COc1nnc(N2c3cccc(C(N)=O)c3CC2C)nc1NCc1cccc(B(O)O)c1. The summed E-state index contributed by atoms with van der Waals surface area (Å²) in [4.78, 5) is 18.4. The van der Waals surface area contributed by atoms with Crippen molar-refractivity contribution in [3.63, 3.8) is 0 Å². The van der Waals surface area contributed by atoms with Gasteiger partial charge < -0.3 is 30.7 Å². The minimum atomic E-state index is -1.54. The van der Waals surface area contributed by atoms with Crippen molar-refractivity contribution in [2.75, 3.05) is 17.3 Å². The second kappa shape index (κ2) is 8.81. The number of primary amides is 1. The van der Waals surface area contributed by atoms with Gasteiger partial charge in [0.05, 0.1) is 7.11 Å². The zero-order valence-corrected chi connectivity index (χ0v) is 17.7. The molecule has 164 valence electrons. The summed E-state index contributed by atoms with van der Waals surface area (Å²) in [7, 11) is -0.0644. The fraction of sp³-hybridized carbons (Fsp3) is 0.238. The summed E-state index contributed by atoms with van der Waals surface area (Å²) in [6.45, 7) is 2.37. The Bertz CT molecular complexity index is 1160. The van der Waals surface area contributed by atoms with Crippen molar-refractivity contribution in [1.82, 2.24) is 15.2 Å². The maximum absolute atomic E-state index is 11.8. The Balaban J connectivity index is 1.64. The number of ether oxygens (including phenoxy) is 1. The molecule has 0 spiro atoms. The van der Waals surface area contributed by atoms with Crippen molar-refractivity contribution >= 4 is 35.9 Å². The number of aromatic nitrogens is 3. The van der Waals surface area contributed by atoms with Crippen molar-refractivity contribution in [2.45, 2.75) is 25.9 Å². The molecule has 1 aromatic heterocycles. The van der Waals surface area contributed by atoms with E-state index in [1.165, 1.54) is 7.11 Å². The second-order valence-electron chi connectivity index (χ2n) is 7.53. The molecule has 4 rings (SSSR count). The Morgan fingerprint density at radius 2 is 2.06 bits per heavy atom. The van der Waals surface area contributed by atoms with Gasteiger partial charge in [-0.15, -0.1) is 10.2 Å². The number of methoxy groups -OCH3 is 1. The summed E-state index contributed by atoms with van der Waals surface area (Å²) >= 11 is 0. The van der Waals surface area contributed by atoms with E-state index in [9.17, 15) is 14.8 Å². The number of rotatable bonds is 7. The highest BCUT2D eigenvalue weighted by Crippen LogP contribution is 2.39. The van der Waals surface area contributed by atoms with E-state index in [0.717, 1.165) is 16.8 Å². The van der Waals surface area contributed by atoms with E-state index in [-0.39, 0.29) is 11.9 Å². The molecule has 5 N–H and O–H groups in total. The average Bonchev–Trinajstić information content (AvgIpc) is 3.13. The molecule has 1 unspecified atom stereocenters. The summed E-state index contributed by atoms with van der Waals surface area (Å²) < 4.78 is 5.30. The number of anilines is 3. The first-order valence-corrected chi connectivity index (χ1v) is 10.1. The lowest BCUT2D eigenvalue weighted by Crippen LogP contribution is -2.30. The Labute approximate surface area is 185 Å². The first kappa shape index (κ1) is 21.5. The summed E-state index contributed by atoms with van der Waals surface area (Å²) in [5.41, 5.74) is 8.93. The summed E-state index contributed by atoms with van der Waals surface area (Å²) in [6, 6.07) is 12.3. The van der Waals surface area contributed by atoms with Crippen LogP contribution in [0.25, 0.3) is 0 Å². The van der Waals surface area contributed by atoms with Crippen LogP contribution in [0, 0.1) is 0 Å². The van der Waals surface area contributed by atoms with Crippen LogP contribution in [0.3, 0.4) is 0 Å². The predicted octanol–water partition coefficient (Wildman–Crippen LogP) is 0.354. The molecule has 11 heteroatoms. The molecule has 0 saturated heterocycles. The molecule has 0 saturated carbocycles. The highest BCUT2D eigenvalue weighted by Gasteiger charge is 2.32. The number of nitrogens with one attached hydrogen (secondary N) is 1. The number of benzene rings is 2. The monoisotopic (exact) mass is 434 g/mol. The van der Waals surface area contributed by atoms with Crippen molar-refractivity contribution < 1.29 is 19.6 Å². The maximum Gasteiger partial charge on any atom is 0.488 e. The van der Waals surface area contributed by atoms with Crippen LogP contribution in [0.1, 0.15) is 28.4 Å². The molecule has 0 fully saturated rings. The third kappa shape index (κ3) is 4.07. The van der Waals surface area contributed by atoms with Gasteiger partial charge in [0.1, 0.15) is 0 Å². The molecule has 32 heavy (non-hydrogen) atoms. The first-order valence-electron chi connectivity index (χ1n) is 10.1. The number of nitrogens with zero attached hydrogens (tertiary/aromatic N) is 4. The Morgan fingerprint density at radius 3 is 2.78 bits per heavy atom. The third-order valence-corrected chi connectivity index (χ3v) is 5.38. The van der Waals surface area contributed by atoms with Gasteiger partial charge in [-0.2, -0.15) is 4.98 Å². The lowest BCUT2D eigenvalue weighted by Gasteiger charge is -2.23. The molecule has 1 aliphatic heterocycles. The lowest BCUT2D eigenvalue weighted by molar-refractivity contribution is 0.0999. The smallest absolute Gasteiger partial charge is 0.477 e. The van der Waals surface area contributed by atoms with Gasteiger partial charge in [-0.05, 0) is 42.1 Å². The number of nitrogens with two attached hydrogens (primary N) is 1. The molecular weight excluding hydrogens is 411 g/mol. The largest absolute Gasteiger partial charge is 0.488 e. The van der Waals surface area contributed by atoms with E-state index >= 15 is 0 Å². The standard InChI is InChI=1S/C21H23BN6O4/c1-12-9-16-15(18(23)29)7-4-8-17(16)28(12)21-25-19(20(32-2)26-27-21)24-11-13-5-3-6-14(10-13)22(30)31/h3-8,10,12,30-31H,9,11H2,1-2H3,(H2,23,29)(H,24,25,27). The molecular formula is C21H23BN6O4. The van der Waals surface area contributed by atoms with Gasteiger partial charge in [-0.25, -0.2) is 0 Å². The van der Waals surface area contributed by atoms with Gasteiger partial charge in [0.2, 0.25) is 5.91 Å².